The van der Waals surface area contributed by atoms with Crippen LogP contribution in [0.2, 0.25) is 0 Å². The molecule has 3 aromatic rings. The summed E-state index contributed by atoms with van der Waals surface area (Å²) in [5, 5.41) is 8.13. The molecule has 0 saturated carbocycles. The number of hydrogen-bond donors (Lipinski definition) is 1. The predicted octanol–water partition coefficient (Wildman–Crippen LogP) is 5.69. The molecule has 27 heavy (non-hydrogen) atoms. The summed E-state index contributed by atoms with van der Waals surface area (Å²) in [5.74, 6) is 0. The number of nitrogens with zero attached hydrogens (tertiary/aromatic N) is 2. The van der Waals surface area contributed by atoms with E-state index in [1.165, 1.54) is 17.7 Å². The molecule has 1 unspecified atom stereocenters. The largest absolute Gasteiger partial charge is 0.416 e. The maximum Gasteiger partial charge on any atom is 0.416 e. The average molecular weight is 373 g/mol. The van der Waals surface area contributed by atoms with Crippen LogP contribution in [0.5, 0.6) is 0 Å². The minimum atomic E-state index is -4.33. The van der Waals surface area contributed by atoms with E-state index in [9.17, 15) is 13.2 Å². The molecule has 2 atom stereocenters. The molecule has 1 N–H and O–H groups in total. The topological polar surface area (TPSA) is 29.9 Å². The molecule has 1 heterocycles. The second kappa shape index (κ2) is 7.96. The van der Waals surface area contributed by atoms with E-state index in [2.05, 4.69) is 36.4 Å². The fraction of sp³-hybridized carbons (Fsp3) is 0.286. The molecule has 0 aliphatic heterocycles. The summed E-state index contributed by atoms with van der Waals surface area (Å²) in [7, 11) is 0. The maximum atomic E-state index is 12.7. The van der Waals surface area contributed by atoms with Crippen LogP contribution in [0.25, 0.3) is 5.69 Å². The van der Waals surface area contributed by atoms with Gasteiger partial charge in [-0.3, -0.25) is 0 Å². The molecule has 3 rings (SSSR count). The van der Waals surface area contributed by atoms with E-state index in [4.69, 9.17) is 0 Å². The first-order valence-corrected chi connectivity index (χ1v) is 8.92. The zero-order valence-corrected chi connectivity index (χ0v) is 15.2. The third kappa shape index (κ3) is 4.57. The van der Waals surface area contributed by atoms with Crippen LogP contribution in [-0.2, 0) is 6.18 Å². The molecule has 3 nitrogen and oxygen atoms in total. The Bertz CT molecular complexity index is 854. The summed E-state index contributed by atoms with van der Waals surface area (Å²) in [5.41, 5.74) is 1.99. The Balaban J connectivity index is 1.75. The van der Waals surface area contributed by atoms with Crippen molar-refractivity contribution in [2.24, 2.45) is 0 Å². The molecule has 0 amide bonds. The molecule has 0 spiro atoms. The highest BCUT2D eigenvalue weighted by Gasteiger charge is 2.30. The highest BCUT2D eigenvalue weighted by atomic mass is 19.4. The Labute approximate surface area is 156 Å². The van der Waals surface area contributed by atoms with Crippen molar-refractivity contribution in [1.29, 1.82) is 0 Å². The summed E-state index contributed by atoms with van der Waals surface area (Å²) in [4.78, 5) is 0. The Hall–Kier alpha value is -2.60. The highest BCUT2D eigenvalue weighted by Crippen LogP contribution is 2.29. The zero-order valence-electron chi connectivity index (χ0n) is 15.2. The third-order valence-corrected chi connectivity index (χ3v) is 4.58. The van der Waals surface area contributed by atoms with Crippen LogP contribution >= 0.6 is 0 Å². The van der Waals surface area contributed by atoms with Crippen LogP contribution in [-0.4, -0.2) is 9.78 Å². The van der Waals surface area contributed by atoms with Gasteiger partial charge >= 0.3 is 6.18 Å². The van der Waals surface area contributed by atoms with Crippen LogP contribution in [0, 0.1) is 0 Å². The van der Waals surface area contributed by atoms with Crippen molar-refractivity contribution in [2.45, 2.75) is 38.5 Å². The molecular weight excluding hydrogens is 351 g/mol. The lowest BCUT2D eigenvalue weighted by atomic mass is 10.1. The molecule has 1 aromatic heterocycles. The maximum absolute atomic E-state index is 12.7. The molecule has 142 valence electrons. The number of aromatic nitrogens is 2. The molecule has 0 radical (unpaired) electrons. The van der Waals surface area contributed by atoms with Gasteiger partial charge in [-0.2, -0.15) is 18.3 Å². The van der Waals surface area contributed by atoms with E-state index in [0.717, 1.165) is 24.2 Å². The lowest BCUT2D eigenvalue weighted by Crippen LogP contribution is -2.24. The summed E-state index contributed by atoms with van der Waals surface area (Å²) >= 11 is 0. The SMILES string of the molecule is CCC(N[C@H](C)c1ccccc1)c1ccn(-c2ccc(C(F)(F)F)cc2)n1. The van der Waals surface area contributed by atoms with E-state index >= 15 is 0 Å². The van der Waals surface area contributed by atoms with Gasteiger partial charge in [0.25, 0.3) is 0 Å². The van der Waals surface area contributed by atoms with Gasteiger partial charge in [0.2, 0.25) is 0 Å². The van der Waals surface area contributed by atoms with Crippen molar-refractivity contribution in [3.8, 4) is 5.69 Å². The molecule has 2 aromatic carbocycles. The van der Waals surface area contributed by atoms with Gasteiger partial charge in [0, 0.05) is 12.2 Å². The fourth-order valence-electron chi connectivity index (χ4n) is 3.02. The van der Waals surface area contributed by atoms with Gasteiger partial charge in [-0.05, 0) is 49.2 Å². The van der Waals surface area contributed by atoms with E-state index in [-0.39, 0.29) is 12.1 Å². The van der Waals surface area contributed by atoms with Crippen LogP contribution in [0.3, 0.4) is 0 Å². The van der Waals surface area contributed by atoms with Crippen LogP contribution in [0.4, 0.5) is 13.2 Å². The number of benzene rings is 2. The molecule has 0 aliphatic rings. The van der Waals surface area contributed by atoms with Gasteiger partial charge < -0.3 is 5.32 Å². The number of rotatable bonds is 6. The van der Waals surface area contributed by atoms with Crippen molar-refractivity contribution in [3.05, 3.63) is 83.7 Å². The van der Waals surface area contributed by atoms with Gasteiger partial charge in [-0.25, -0.2) is 4.68 Å². The lowest BCUT2D eigenvalue weighted by molar-refractivity contribution is -0.137. The van der Waals surface area contributed by atoms with Crippen molar-refractivity contribution in [2.75, 3.05) is 0 Å². The quantitative estimate of drug-likeness (QED) is 0.601. The van der Waals surface area contributed by atoms with Gasteiger partial charge in [-0.1, -0.05) is 37.3 Å². The zero-order chi connectivity index (χ0) is 19.4. The van der Waals surface area contributed by atoms with Crippen molar-refractivity contribution in [3.63, 3.8) is 0 Å². The van der Waals surface area contributed by atoms with Gasteiger partial charge in [0.15, 0.2) is 0 Å². The first-order chi connectivity index (χ1) is 12.9. The normalized spacial score (nSPS) is 14.1. The Morgan fingerprint density at radius 3 is 2.26 bits per heavy atom. The second-order valence-corrected chi connectivity index (χ2v) is 6.49. The standard InChI is InChI=1S/C21H22F3N3/c1-3-19(25-15(2)16-7-5-4-6-8-16)20-13-14-27(26-20)18-11-9-17(10-12-18)21(22,23)24/h4-15,19,25H,3H2,1-2H3/t15-,19?/m1/s1. The number of hydrogen-bond acceptors (Lipinski definition) is 2. The number of alkyl halides is 3. The van der Waals surface area contributed by atoms with Gasteiger partial charge in [-0.15, -0.1) is 0 Å². The first-order valence-electron chi connectivity index (χ1n) is 8.92. The molecule has 6 heteroatoms. The van der Waals surface area contributed by atoms with Gasteiger partial charge in [0.05, 0.1) is 23.0 Å². The Morgan fingerprint density at radius 2 is 1.67 bits per heavy atom. The lowest BCUT2D eigenvalue weighted by Gasteiger charge is -2.21. The van der Waals surface area contributed by atoms with E-state index < -0.39 is 11.7 Å². The molecular formula is C21H22F3N3. The van der Waals surface area contributed by atoms with Crippen LogP contribution in [0.1, 0.15) is 49.2 Å². The molecule has 0 bridgehead atoms. The van der Waals surface area contributed by atoms with Crippen molar-refractivity contribution in [1.82, 2.24) is 15.1 Å². The first kappa shape index (κ1) is 19.2. The minimum absolute atomic E-state index is 0.0518. The monoisotopic (exact) mass is 373 g/mol. The Morgan fingerprint density at radius 1 is 1.00 bits per heavy atom. The third-order valence-electron chi connectivity index (χ3n) is 4.58. The van der Waals surface area contributed by atoms with Crippen molar-refractivity contribution < 1.29 is 13.2 Å². The summed E-state index contributed by atoms with van der Waals surface area (Å²) < 4.78 is 39.7. The molecule has 0 fully saturated rings. The van der Waals surface area contributed by atoms with Crippen LogP contribution < -0.4 is 5.32 Å². The summed E-state index contributed by atoms with van der Waals surface area (Å²) in [6, 6.07) is 17.3. The molecule has 0 aliphatic carbocycles. The minimum Gasteiger partial charge on any atom is -0.302 e. The van der Waals surface area contributed by atoms with Gasteiger partial charge in [0.1, 0.15) is 0 Å². The average Bonchev–Trinajstić information content (AvgIpc) is 3.16. The summed E-state index contributed by atoms with van der Waals surface area (Å²) in [6.45, 7) is 4.18. The predicted molar refractivity (Wildman–Crippen MR) is 99.6 cm³/mol. The van der Waals surface area contributed by atoms with Crippen LogP contribution in [0.15, 0.2) is 66.9 Å². The van der Waals surface area contributed by atoms with E-state index in [1.807, 2.05) is 24.3 Å². The fourth-order valence-corrected chi connectivity index (χ4v) is 3.02. The molecule has 0 saturated heterocycles. The smallest absolute Gasteiger partial charge is 0.302 e. The Kier molecular flexibility index (Phi) is 5.65. The number of halogens is 3. The summed E-state index contributed by atoms with van der Waals surface area (Å²) in [6.07, 6.45) is -1.71. The highest BCUT2D eigenvalue weighted by molar-refractivity contribution is 5.35. The number of nitrogens with one attached hydrogen (secondary N) is 1. The second-order valence-electron chi connectivity index (χ2n) is 6.49. The van der Waals surface area contributed by atoms with E-state index in [1.54, 1.807) is 10.9 Å². The van der Waals surface area contributed by atoms with E-state index in [0.29, 0.717) is 5.69 Å². The van der Waals surface area contributed by atoms with Crippen molar-refractivity contribution >= 4 is 0 Å².